The second-order valence-electron chi connectivity index (χ2n) is 3.43. The summed E-state index contributed by atoms with van der Waals surface area (Å²) in [6, 6.07) is 0. The fraction of sp³-hybridized carbons (Fsp3) is 0.800. The third-order valence-corrected chi connectivity index (χ3v) is 2.86. The van der Waals surface area contributed by atoms with Crippen molar-refractivity contribution in [2.24, 2.45) is 0 Å². The molecule has 4 heteroatoms. The average Bonchev–Trinajstić information content (AvgIpc) is 2.65. The summed E-state index contributed by atoms with van der Waals surface area (Å²) in [7, 11) is 1.66. The van der Waals surface area contributed by atoms with Gasteiger partial charge in [0.25, 0.3) is 0 Å². The third kappa shape index (κ3) is 2.67. The quantitative estimate of drug-likeness (QED) is 0.729. The summed E-state index contributed by atoms with van der Waals surface area (Å²) in [5, 5.41) is 0. The van der Waals surface area contributed by atoms with Crippen LogP contribution in [-0.2, 0) is 0 Å². The lowest BCUT2D eigenvalue weighted by Crippen LogP contribution is -2.01. The van der Waals surface area contributed by atoms with E-state index >= 15 is 0 Å². The molecule has 0 unspecified atom stereocenters. The molecule has 0 aliphatic carbocycles. The molecular formula is C10H18N2OS. The minimum Gasteiger partial charge on any atom is -0.479 e. The van der Waals surface area contributed by atoms with Crippen LogP contribution < -0.4 is 4.74 Å². The van der Waals surface area contributed by atoms with Crippen molar-refractivity contribution in [2.45, 2.75) is 45.4 Å². The number of hydrogen-bond donors (Lipinski definition) is 0. The van der Waals surface area contributed by atoms with Gasteiger partial charge in [0.15, 0.2) is 0 Å². The minimum atomic E-state index is 0.527. The lowest BCUT2D eigenvalue weighted by atomic mass is 9.95. The summed E-state index contributed by atoms with van der Waals surface area (Å²) >= 11 is 1.25. The van der Waals surface area contributed by atoms with Crippen LogP contribution in [0.3, 0.4) is 0 Å². The molecule has 3 nitrogen and oxygen atoms in total. The van der Waals surface area contributed by atoms with Gasteiger partial charge >= 0.3 is 0 Å². The Bertz CT molecular complexity index is 256. The lowest BCUT2D eigenvalue weighted by molar-refractivity contribution is 0.387. The zero-order chi connectivity index (χ0) is 10.4. The summed E-state index contributed by atoms with van der Waals surface area (Å²) in [6.45, 7) is 4.41. The van der Waals surface area contributed by atoms with E-state index in [2.05, 4.69) is 22.6 Å². The highest BCUT2D eigenvalue weighted by Gasteiger charge is 2.18. The summed E-state index contributed by atoms with van der Waals surface area (Å²) in [5.41, 5.74) is 1.06. The molecule has 0 amide bonds. The molecule has 80 valence electrons. The van der Waals surface area contributed by atoms with Crippen molar-refractivity contribution in [3.8, 4) is 5.88 Å². The molecule has 0 radical (unpaired) electrons. The molecule has 0 aliphatic heterocycles. The van der Waals surface area contributed by atoms with Crippen LogP contribution >= 0.6 is 11.7 Å². The highest BCUT2D eigenvalue weighted by molar-refractivity contribution is 6.99. The molecule has 1 rings (SSSR count). The topological polar surface area (TPSA) is 35.0 Å². The van der Waals surface area contributed by atoms with Gasteiger partial charge in [-0.15, -0.1) is 4.37 Å². The van der Waals surface area contributed by atoms with E-state index in [1.807, 2.05) is 0 Å². The van der Waals surface area contributed by atoms with Crippen molar-refractivity contribution in [1.82, 2.24) is 8.75 Å². The summed E-state index contributed by atoms with van der Waals surface area (Å²) in [4.78, 5) is 0. The monoisotopic (exact) mass is 214 g/mol. The Morgan fingerprint density at radius 3 is 2.36 bits per heavy atom. The highest BCUT2D eigenvalue weighted by Crippen LogP contribution is 2.31. The molecule has 0 saturated carbocycles. The molecule has 0 aromatic carbocycles. The third-order valence-electron chi connectivity index (χ3n) is 2.34. The largest absolute Gasteiger partial charge is 0.479 e. The van der Waals surface area contributed by atoms with E-state index in [-0.39, 0.29) is 0 Å². The maximum atomic E-state index is 5.20. The van der Waals surface area contributed by atoms with Gasteiger partial charge in [-0.1, -0.05) is 26.7 Å². The first-order valence-electron chi connectivity index (χ1n) is 5.19. The summed E-state index contributed by atoms with van der Waals surface area (Å²) < 4.78 is 13.7. The van der Waals surface area contributed by atoms with Crippen LogP contribution in [0, 0.1) is 0 Å². The number of aromatic nitrogens is 2. The molecule has 0 N–H and O–H groups in total. The van der Waals surface area contributed by atoms with Crippen LogP contribution in [0.2, 0.25) is 0 Å². The molecular weight excluding hydrogens is 196 g/mol. The van der Waals surface area contributed by atoms with Crippen molar-refractivity contribution in [3.05, 3.63) is 5.69 Å². The fourth-order valence-corrected chi connectivity index (χ4v) is 2.29. The second kappa shape index (κ2) is 5.96. The predicted octanol–water partition coefficient (Wildman–Crippen LogP) is 3.23. The molecule has 0 fully saturated rings. The Hall–Kier alpha value is -0.640. The molecule has 0 aliphatic rings. The van der Waals surface area contributed by atoms with Crippen molar-refractivity contribution in [1.29, 1.82) is 0 Å². The van der Waals surface area contributed by atoms with Crippen molar-refractivity contribution in [2.75, 3.05) is 7.11 Å². The number of nitrogens with zero attached hydrogens (tertiary/aromatic N) is 2. The van der Waals surface area contributed by atoms with Gasteiger partial charge in [-0.05, 0) is 12.8 Å². The van der Waals surface area contributed by atoms with Gasteiger partial charge in [0.1, 0.15) is 5.69 Å². The predicted molar refractivity (Wildman–Crippen MR) is 59.0 cm³/mol. The lowest BCUT2D eigenvalue weighted by Gasteiger charge is -2.12. The van der Waals surface area contributed by atoms with Crippen LogP contribution in [0.5, 0.6) is 5.88 Å². The Morgan fingerprint density at radius 1 is 1.21 bits per heavy atom. The van der Waals surface area contributed by atoms with E-state index in [9.17, 15) is 0 Å². The van der Waals surface area contributed by atoms with Crippen LogP contribution in [0.25, 0.3) is 0 Å². The van der Waals surface area contributed by atoms with E-state index in [1.54, 1.807) is 7.11 Å². The molecule has 0 atom stereocenters. The first kappa shape index (κ1) is 11.4. The maximum absolute atomic E-state index is 5.20. The molecule has 0 spiro atoms. The van der Waals surface area contributed by atoms with Gasteiger partial charge < -0.3 is 4.74 Å². The van der Waals surface area contributed by atoms with Crippen molar-refractivity contribution < 1.29 is 4.74 Å². The first-order chi connectivity index (χ1) is 6.83. The van der Waals surface area contributed by atoms with E-state index in [1.165, 1.54) is 37.4 Å². The molecule has 0 bridgehead atoms. The van der Waals surface area contributed by atoms with Crippen LogP contribution in [0.1, 0.15) is 51.1 Å². The van der Waals surface area contributed by atoms with Gasteiger partial charge in [-0.25, -0.2) is 0 Å². The van der Waals surface area contributed by atoms with E-state index in [0.717, 1.165) is 11.6 Å². The molecule has 1 aromatic rings. The molecule has 1 aromatic heterocycles. The number of hydrogen-bond acceptors (Lipinski definition) is 4. The van der Waals surface area contributed by atoms with E-state index in [4.69, 9.17) is 4.74 Å². The van der Waals surface area contributed by atoms with Gasteiger partial charge in [-0.3, -0.25) is 0 Å². The zero-order valence-electron chi connectivity index (χ0n) is 9.12. The van der Waals surface area contributed by atoms with Gasteiger partial charge in [0, 0.05) is 5.92 Å². The molecule has 14 heavy (non-hydrogen) atoms. The van der Waals surface area contributed by atoms with Crippen molar-refractivity contribution in [3.63, 3.8) is 0 Å². The Balaban J connectivity index is 2.75. The van der Waals surface area contributed by atoms with Crippen LogP contribution in [-0.4, -0.2) is 15.9 Å². The Morgan fingerprint density at radius 2 is 1.86 bits per heavy atom. The standard InChI is InChI=1S/C10H18N2OS/c1-4-6-8(7-5-2)9-10(13-3)12-14-11-9/h8H,4-7H2,1-3H3. The van der Waals surface area contributed by atoms with E-state index < -0.39 is 0 Å². The number of methoxy groups -OCH3 is 1. The zero-order valence-corrected chi connectivity index (χ0v) is 9.93. The van der Waals surface area contributed by atoms with Gasteiger partial charge in [0.2, 0.25) is 5.88 Å². The maximum Gasteiger partial charge on any atom is 0.249 e. The number of ether oxygens (including phenoxy) is 1. The Labute approximate surface area is 89.8 Å². The average molecular weight is 214 g/mol. The summed E-state index contributed by atoms with van der Waals surface area (Å²) in [6.07, 6.45) is 4.72. The highest BCUT2D eigenvalue weighted by atomic mass is 32.1. The van der Waals surface area contributed by atoms with Gasteiger partial charge in [0.05, 0.1) is 18.8 Å². The smallest absolute Gasteiger partial charge is 0.249 e. The normalized spacial score (nSPS) is 10.9. The van der Waals surface area contributed by atoms with Crippen LogP contribution in [0.4, 0.5) is 0 Å². The van der Waals surface area contributed by atoms with E-state index in [0.29, 0.717) is 5.92 Å². The number of rotatable bonds is 6. The Kier molecular flexibility index (Phi) is 4.87. The van der Waals surface area contributed by atoms with Crippen molar-refractivity contribution >= 4 is 11.7 Å². The molecule has 0 saturated heterocycles. The second-order valence-corrected chi connectivity index (χ2v) is 3.96. The first-order valence-corrected chi connectivity index (χ1v) is 5.92. The fourth-order valence-electron chi connectivity index (χ4n) is 1.69. The van der Waals surface area contributed by atoms with Gasteiger partial charge in [-0.2, -0.15) is 4.37 Å². The molecule has 1 heterocycles. The minimum absolute atomic E-state index is 0.527. The van der Waals surface area contributed by atoms with Crippen LogP contribution in [0.15, 0.2) is 0 Å². The SMILES string of the molecule is CCCC(CCC)c1nsnc1OC. The summed E-state index contributed by atoms with van der Waals surface area (Å²) in [5.74, 6) is 1.25.